The third-order valence-electron chi connectivity index (χ3n) is 3.09. The number of benzene rings is 1. The average Bonchev–Trinajstić information content (AvgIpc) is 2.40. The minimum absolute atomic E-state index is 0. The molecule has 0 saturated carbocycles. The van der Waals surface area contributed by atoms with Crippen molar-refractivity contribution in [1.82, 2.24) is 10.8 Å². The quantitative estimate of drug-likeness (QED) is 0.711. The maximum absolute atomic E-state index is 11.0. The number of nitrogens with two attached hydrogens (primary N) is 1. The van der Waals surface area contributed by atoms with Gasteiger partial charge in [-0.25, -0.2) is 0 Å². The van der Waals surface area contributed by atoms with Crippen LogP contribution in [0, 0.1) is 0 Å². The molecule has 0 bridgehead atoms. The number of hydroxylamine groups is 1. The Balaban J connectivity index is 0.00000180. The van der Waals surface area contributed by atoms with Crippen LogP contribution in [0.2, 0.25) is 0 Å². The first-order chi connectivity index (χ1) is 8.75. The van der Waals surface area contributed by atoms with Gasteiger partial charge in [-0.05, 0) is 18.4 Å². The van der Waals surface area contributed by atoms with Crippen LogP contribution in [0.25, 0.3) is 0 Å². The Kier molecular flexibility index (Phi) is 9.54. The van der Waals surface area contributed by atoms with Gasteiger partial charge in [-0.2, -0.15) is 5.48 Å². The number of amides is 1. The van der Waals surface area contributed by atoms with Crippen molar-refractivity contribution in [3.8, 4) is 0 Å². The number of piperidine rings is 1. The van der Waals surface area contributed by atoms with Crippen LogP contribution >= 0.6 is 24.8 Å². The van der Waals surface area contributed by atoms with Gasteiger partial charge in [0.05, 0.1) is 12.6 Å². The molecule has 1 aromatic rings. The van der Waals surface area contributed by atoms with Crippen LogP contribution in [0.3, 0.4) is 0 Å². The van der Waals surface area contributed by atoms with Crippen LogP contribution in [0.4, 0.5) is 0 Å². The Morgan fingerprint density at radius 2 is 2.00 bits per heavy atom. The largest absolute Gasteiger partial charge is 0.368 e. The van der Waals surface area contributed by atoms with Gasteiger partial charge < -0.3 is 11.1 Å². The molecule has 0 aliphatic carbocycles. The Morgan fingerprint density at radius 3 is 2.55 bits per heavy atom. The Labute approximate surface area is 131 Å². The first-order valence-corrected chi connectivity index (χ1v) is 6.19. The van der Waals surface area contributed by atoms with E-state index in [1.54, 1.807) is 0 Å². The van der Waals surface area contributed by atoms with Crippen molar-refractivity contribution in [3.05, 3.63) is 35.9 Å². The Hall–Kier alpha value is -0.850. The summed E-state index contributed by atoms with van der Waals surface area (Å²) in [4.78, 5) is 16.4. The number of nitrogens with one attached hydrogen (secondary N) is 2. The molecule has 0 unspecified atom stereocenters. The van der Waals surface area contributed by atoms with Crippen LogP contribution < -0.4 is 16.5 Å². The number of rotatable bonds is 5. The second-order valence-corrected chi connectivity index (χ2v) is 4.53. The highest BCUT2D eigenvalue weighted by Crippen LogP contribution is 2.08. The summed E-state index contributed by atoms with van der Waals surface area (Å²) >= 11 is 0. The number of carbonyl (C=O) groups excluding carboxylic acids is 1. The van der Waals surface area contributed by atoms with E-state index >= 15 is 0 Å². The van der Waals surface area contributed by atoms with E-state index in [4.69, 9.17) is 10.6 Å². The van der Waals surface area contributed by atoms with Crippen LogP contribution in [-0.2, 0) is 16.2 Å². The molecule has 1 aliphatic heterocycles. The standard InChI is InChI=1S/C13H19N3O2.2ClH/c14-13(17)12-7-6-11(8-15-12)16-18-9-10-4-2-1-3-5-10;;/h1-5,11-12,15-16H,6-9H2,(H2,14,17);2*1H/t11-,12+;;/m1../s1. The van der Waals surface area contributed by atoms with Crippen LogP contribution in [0.15, 0.2) is 30.3 Å². The van der Waals surface area contributed by atoms with Gasteiger partial charge in [-0.1, -0.05) is 30.3 Å². The van der Waals surface area contributed by atoms with Crippen LogP contribution in [0.1, 0.15) is 18.4 Å². The van der Waals surface area contributed by atoms with Crippen molar-refractivity contribution >= 4 is 30.7 Å². The zero-order valence-electron chi connectivity index (χ0n) is 11.1. The number of hydrogen-bond acceptors (Lipinski definition) is 4. The molecule has 1 heterocycles. The van der Waals surface area contributed by atoms with E-state index in [-0.39, 0.29) is 42.8 Å². The molecular weight excluding hydrogens is 301 g/mol. The van der Waals surface area contributed by atoms with Crippen molar-refractivity contribution in [2.75, 3.05) is 6.54 Å². The number of primary amides is 1. The molecule has 7 heteroatoms. The molecule has 0 radical (unpaired) electrons. The number of halogens is 2. The highest BCUT2D eigenvalue weighted by atomic mass is 35.5. The molecule has 1 aromatic carbocycles. The summed E-state index contributed by atoms with van der Waals surface area (Å²) in [5.41, 5.74) is 9.38. The number of carbonyl (C=O) groups is 1. The van der Waals surface area contributed by atoms with Crippen molar-refractivity contribution in [2.24, 2.45) is 5.73 Å². The molecule has 20 heavy (non-hydrogen) atoms. The molecule has 2 atom stereocenters. The van der Waals surface area contributed by atoms with Gasteiger partial charge in [0.1, 0.15) is 0 Å². The van der Waals surface area contributed by atoms with E-state index in [0.717, 1.165) is 18.4 Å². The third-order valence-corrected chi connectivity index (χ3v) is 3.09. The lowest BCUT2D eigenvalue weighted by atomic mass is 10.0. The number of hydrogen-bond donors (Lipinski definition) is 3. The van der Waals surface area contributed by atoms with Gasteiger partial charge in [0.25, 0.3) is 0 Å². The SMILES string of the molecule is Cl.Cl.NC(=O)[C@@H]1CC[C@@H](NOCc2ccccc2)CN1. The van der Waals surface area contributed by atoms with Gasteiger partial charge in [-0.3, -0.25) is 9.63 Å². The molecular formula is C13H21Cl2N3O2. The van der Waals surface area contributed by atoms with E-state index in [0.29, 0.717) is 13.2 Å². The first kappa shape index (κ1) is 19.1. The summed E-state index contributed by atoms with van der Waals surface area (Å²) in [7, 11) is 0. The lowest BCUT2D eigenvalue weighted by Gasteiger charge is -2.28. The summed E-state index contributed by atoms with van der Waals surface area (Å²) in [6, 6.07) is 10.0. The predicted molar refractivity (Wildman–Crippen MR) is 82.9 cm³/mol. The lowest BCUT2D eigenvalue weighted by molar-refractivity contribution is -0.120. The van der Waals surface area contributed by atoms with E-state index < -0.39 is 0 Å². The monoisotopic (exact) mass is 321 g/mol. The Morgan fingerprint density at radius 1 is 1.30 bits per heavy atom. The normalized spacial score (nSPS) is 21.4. The summed E-state index contributed by atoms with van der Waals surface area (Å²) in [6.07, 6.45) is 1.64. The van der Waals surface area contributed by atoms with E-state index in [1.165, 1.54) is 0 Å². The summed E-state index contributed by atoms with van der Waals surface area (Å²) in [5, 5.41) is 3.10. The average molecular weight is 322 g/mol. The van der Waals surface area contributed by atoms with Gasteiger partial charge in [0, 0.05) is 12.6 Å². The first-order valence-electron chi connectivity index (χ1n) is 6.19. The minimum Gasteiger partial charge on any atom is -0.368 e. The third kappa shape index (κ3) is 6.07. The molecule has 1 fully saturated rings. The zero-order valence-corrected chi connectivity index (χ0v) is 12.7. The fourth-order valence-corrected chi connectivity index (χ4v) is 2.02. The molecule has 1 amide bonds. The fourth-order valence-electron chi connectivity index (χ4n) is 2.02. The van der Waals surface area contributed by atoms with E-state index in [9.17, 15) is 4.79 Å². The van der Waals surface area contributed by atoms with Gasteiger partial charge in [0.2, 0.25) is 5.91 Å². The van der Waals surface area contributed by atoms with Crippen molar-refractivity contribution in [2.45, 2.75) is 31.5 Å². The Bertz CT molecular complexity index is 384. The van der Waals surface area contributed by atoms with E-state index in [1.807, 2.05) is 30.3 Å². The molecule has 1 saturated heterocycles. The van der Waals surface area contributed by atoms with Crippen LogP contribution in [-0.4, -0.2) is 24.5 Å². The molecule has 5 nitrogen and oxygen atoms in total. The topological polar surface area (TPSA) is 76.4 Å². The maximum atomic E-state index is 11.0. The van der Waals surface area contributed by atoms with Crippen molar-refractivity contribution in [1.29, 1.82) is 0 Å². The summed E-state index contributed by atoms with van der Waals surface area (Å²) < 4.78 is 0. The molecule has 2 rings (SSSR count). The zero-order chi connectivity index (χ0) is 12.8. The molecule has 0 aromatic heterocycles. The molecule has 1 aliphatic rings. The highest BCUT2D eigenvalue weighted by molar-refractivity contribution is 5.85. The van der Waals surface area contributed by atoms with E-state index in [2.05, 4.69) is 10.8 Å². The van der Waals surface area contributed by atoms with Crippen LogP contribution in [0.5, 0.6) is 0 Å². The minimum atomic E-state index is -0.279. The highest BCUT2D eigenvalue weighted by Gasteiger charge is 2.23. The molecule has 114 valence electrons. The van der Waals surface area contributed by atoms with Gasteiger partial charge >= 0.3 is 0 Å². The second-order valence-electron chi connectivity index (χ2n) is 4.53. The van der Waals surface area contributed by atoms with Gasteiger partial charge in [0.15, 0.2) is 0 Å². The maximum Gasteiger partial charge on any atom is 0.234 e. The smallest absolute Gasteiger partial charge is 0.234 e. The van der Waals surface area contributed by atoms with Crippen molar-refractivity contribution < 1.29 is 9.63 Å². The second kappa shape index (κ2) is 9.96. The predicted octanol–water partition coefficient (Wildman–Crippen LogP) is 1.16. The molecule has 4 N–H and O–H groups in total. The van der Waals surface area contributed by atoms with Crippen molar-refractivity contribution in [3.63, 3.8) is 0 Å². The fraction of sp³-hybridized carbons (Fsp3) is 0.462. The summed E-state index contributed by atoms with van der Waals surface area (Å²) in [6.45, 7) is 1.24. The lowest BCUT2D eigenvalue weighted by Crippen LogP contribution is -2.52. The molecule has 0 spiro atoms. The van der Waals surface area contributed by atoms with Gasteiger partial charge in [-0.15, -0.1) is 24.8 Å². The summed E-state index contributed by atoms with van der Waals surface area (Å²) in [5.74, 6) is -0.279.